The Morgan fingerprint density at radius 3 is 1.11 bits per heavy atom. The van der Waals surface area contributed by atoms with Gasteiger partial charge in [0.15, 0.2) is 0 Å². The van der Waals surface area contributed by atoms with Gasteiger partial charge >= 0.3 is 0 Å². The zero-order valence-electron chi connectivity index (χ0n) is 18.1. The number of carboxylic acids is 1. The Bertz CT molecular complexity index is 339. The smallest absolute Gasteiger partial charge is 0.132 e. The van der Waals surface area contributed by atoms with Crippen LogP contribution in [0.3, 0.4) is 0 Å². The molecule has 0 aromatic heterocycles. The second-order valence-electron chi connectivity index (χ2n) is 8.17. The molecule has 0 rings (SSSR count). The summed E-state index contributed by atoms with van der Waals surface area (Å²) in [5.74, 6) is -0.465. The van der Waals surface area contributed by atoms with Crippen molar-refractivity contribution in [3.63, 3.8) is 0 Å². The molecule has 0 aromatic rings. The van der Waals surface area contributed by atoms with Crippen LogP contribution in [0.2, 0.25) is 0 Å². The van der Waals surface area contributed by atoms with Crippen molar-refractivity contribution in [2.45, 2.75) is 142 Å². The Labute approximate surface area is 168 Å². The summed E-state index contributed by atoms with van der Waals surface area (Å²) in [5.41, 5.74) is 0. The van der Waals surface area contributed by atoms with E-state index in [-0.39, 0.29) is 6.42 Å². The highest BCUT2D eigenvalue weighted by Gasteiger charge is 2.02. The minimum absolute atomic E-state index is 0.201. The van der Waals surface area contributed by atoms with Crippen LogP contribution < -0.4 is 5.11 Å². The molecule has 0 unspecified atom stereocenters. The number of aliphatic carboxylic acids is 1. The number of carbonyl (C=O) groups excluding carboxylic acids is 2. The van der Waals surface area contributed by atoms with Gasteiger partial charge in [-0.2, -0.15) is 0 Å². The zero-order chi connectivity index (χ0) is 20.0. The maximum atomic E-state index is 11.9. The average molecular weight is 382 g/mol. The Morgan fingerprint density at radius 1 is 0.481 bits per heavy atom. The largest absolute Gasteiger partial charge is 0.550 e. The van der Waals surface area contributed by atoms with E-state index in [1.165, 1.54) is 83.5 Å². The molecule has 0 radical (unpaired) electrons. The fourth-order valence-electron chi connectivity index (χ4n) is 3.59. The first-order chi connectivity index (χ1) is 13.2. The Kier molecular flexibility index (Phi) is 20.8. The number of Topliss-reactive ketones (excluding diaryl/α,β-unsaturated/α-hetero) is 1. The van der Waals surface area contributed by atoms with Crippen LogP contribution in [0, 0.1) is 0 Å². The highest BCUT2D eigenvalue weighted by Crippen LogP contribution is 2.14. The van der Waals surface area contributed by atoms with E-state index in [0.29, 0.717) is 5.78 Å². The van der Waals surface area contributed by atoms with Gasteiger partial charge in [-0.25, -0.2) is 0 Å². The van der Waals surface area contributed by atoms with Crippen molar-refractivity contribution in [3.8, 4) is 0 Å². The molecule has 0 amide bonds. The summed E-state index contributed by atoms with van der Waals surface area (Å²) >= 11 is 0. The summed E-state index contributed by atoms with van der Waals surface area (Å²) in [4.78, 5) is 22.2. The highest BCUT2D eigenvalue weighted by atomic mass is 16.4. The summed E-state index contributed by atoms with van der Waals surface area (Å²) in [6.07, 6.45) is 23.6. The standard InChI is InChI=1S/C24H46O3/c1-2-3-4-5-6-8-11-14-17-20-23(25)21-18-15-12-9-7-10-13-16-19-22-24(26)27/h2-22H2,1H3,(H,26,27)/p-1. The van der Waals surface area contributed by atoms with Crippen LogP contribution in [0.15, 0.2) is 0 Å². The van der Waals surface area contributed by atoms with Gasteiger partial charge in [0.1, 0.15) is 5.78 Å². The van der Waals surface area contributed by atoms with Gasteiger partial charge in [-0.3, -0.25) is 4.79 Å². The number of ketones is 1. The van der Waals surface area contributed by atoms with Crippen molar-refractivity contribution < 1.29 is 14.7 Å². The van der Waals surface area contributed by atoms with Crippen molar-refractivity contribution in [1.82, 2.24) is 0 Å². The number of rotatable bonds is 22. The third-order valence-corrected chi connectivity index (χ3v) is 5.40. The van der Waals surface area contributed by atoms with Crippen molar-refractivity contribution in [3.05, 3.63) is 0 Å². The molecular weight excluding hydrogens is 336 g/mol. The second kappa shape index (κ2) is 21.4. The SMILES string of the molecule is CCCCCCCCCCCC(=O)CCCCCCCCCCCC(=O)[O-]. The lowest BCUT2D eigenvalue weighted by atomic mass is 10.0. The molecule has 0 saturated carbocycles. The van der Waals surface area contributed by atoms with E-state index in [0.717, 1.165) is 44.9 Å². The molecule has 0 heterocycles. The van der Waals surface area contributed by atoms with Gasteiger partial charge in [-0.05, 0) is 25.7 Å². The molecule has 0 aliphatic rings. The summed E-state index contributed by atoms with van der Waals surface area (Å²) in [5, 5.41) is 10.3. The summed E-state index contributed by atoms with van der Waals surface area (Å²) in [7, 11) is 0. The van der Waals surface area contributed by atoms with Crippen molar-refractivity contribution >= 4 is 11.8 Å². The molecule has 0 bridgehead atoms. The highest BCUT2D eigenvalue weighted by molar-refractivity contribution is 5.78. The maximum absolute atomic E-state index is 11.9. The number of hydrogen-bond donors (Lipinski definition) is 0. The Hall–Kier alpha value is -0.860. The van der Waals surface area contributed by atoms with E-state index in [9.17, 15) is 14.7 Å². The van der Waals surface area contributed by atoms with Gasteiger partial charge in [-0.1, -0.05) is 103 Å². The minimum atomic E-state index is -0.928. The quantitative estimate of drug-likeness (QED) is 0.201. The average Bonchev–Trinajstić information content (AvgIpc) is 2.64. The van der Waals surface area contributed by atoms with Crippen molar-refractivity contribution in [2.75, 3.05) is 0 Å². The lowest BCUT2D eigenvalue weighted by molar-refractivity contribution is -0.305. The molecule has 0 aliphatic carbocycles. The van der Waals surface area contributed by atoms with Crippen LogP contribution in [0.1, 0.15) is 142 Å². The fraction of sp³-hybridized carbons (Fsp3) is 0.917. The van der Waals surface area contributed by atoms with E-state index in [1.54, 1.807) is 0 Å². The molecule has 160 valence electrons. The molecule has 0 N–H and O–H groups in total. The van der Waals surface area contributed by atoms with Crippen LogP contribution >= 0.6 is 0 Å². The van der Waals surface area contributed by atoms with Crippen LogP contribution in [-0.4, -0.2) is 11.8 Å². The predicted molar refractivity (Wildman–Crippen MR) is 113 cm³/mol. The molecule has 0 saturated heterocycles. The van der Waals surface area contributed by atoms with Gasteiger partial charge in [0, 0.05) is 18.8 Å². The van der Waals surface area contributed by atoms with Crippen LogP contribution in [0.5, 0.6) is 0 Å². The number of carbonyl (C=O) groups is 2. The van der Waals surface area contributed by atoms with E-state index < -0.39 is 5.97 Å². The van der Waals surface area contributed by atoms with Gasteiger partial charge in [0.2, 0.25) is 0 Å². The first kappa shape index (κ1) is 26.1. The lowest BCUT2D eigenvalue weighted by Crippen LogP contribution is -2.21. The minimum Gasteiger partial charge on any atom is -0.550 e. The molecule has 0 atom stereocenters. The van der Waals surface area contributed by atoms with Gasteiger partial charge in [0.25, 0.3) is 0 Å². The molecule has 0 fully saturated rings. The predicted octanol–water partition coefficient (Wildman–Crippen LogP) is 6.52. The molecule has 0 aliphatic heterocycles. The third-order valence-electron chi connectivity index (χ3n) is 5.40. The van der Waals surface area contributed by atoms with E-state index in [1.807, 2.05) is 0 Å². The molecular formula is C24H45O3-. The molecule has 0 aromatic carbocycles. The molecule has 27 heavy (non-hydrogen) atoms. The van der Waals surface area contributed by atoms with E-state index in [4.69, 9.17) is 0 Å². The molecule has 3 heteroatoms. The fourth-order valence-corrected chi connectivity index (χ4v) is 3.59. The number of hydrogen-bond acceptors (Lipinski definition) is 3. The van der Waals surface area contributed by atoms with Crippen LogP contribution in [0.4, 0.5) is 0 Å². The zero-order valence-corrected chi connectivity index (χ0v) is 18.1. The van der Waals surface area contributed by atoms with Gasteiger partial charge in [-0.15, -0.1) is 0 Å². The van der Waals surface area contributed by atoms with Crippen LogP contribution in [-0.2, 0) is 9.59 Å². The normalized spacial score (nSPS) is 11.0. The second-order valence-corrected chi connectivity index (χ2v) is 8.17. The van der Waals surface area contributed by atoms with E-state index in [2.05, 4.69) is 6.92 Å². The summed E-state index contributed by atoms with van der Waals surface area (Å²) in [6, 6.07) is 0. The van der Waals surface area contributed by atoms with Gasteiger partial charge < -0.3 is 9.90 Å². The first-order valence-corrected chi connectivity index (χ1v) is 11.9. The van der Waals surface area contributed by atoms with Crippen molar-refractivity contribution in [1.29, 1.82) is 0 Å². The Morgan fingerprint density at radius 2 is 0.778 bits per heavy atom. The van der Waals surface area contributed by atoms with E-state index >= 15 is 0 Å². The summed E-state index contributed by atoms with van der Waals surface area (Å²) < 4.78 is 0. The van der Waals surface area contributed by atoms with Crippen LogP contribution in [0.25, 0.3) is 0 Å². The lowest BCUT2D eigenvalue weighted by Gasteiger charge is -2.04. The number of unbranched alkanes of at least 4 members (excludes halogenated alkanes) is 16. The number of carboxylic acid groups (broad SMARTS) is 1. The Balaban J connectivity index is 3.16. The van der Waals surface area contributed by atoms with Crippen molar-refractivity contribution in [2.24, 2.45) is 0 Å². The monoisotopic (exact) mass is 381 g/mol. The third kappa shape index (κ3) is 23.1. The summed E-state index contributed by atoms with van der Waals surface area (Å²) in [6.45, 7) is 2.26. The molecule has 3 nitrogen and oxygen atoms in total. The maximum Gasteiger partial charge on any atom is 0.132 e. The first-order valence-electron chi connectivity index (χ1n) is 11.9. The molecule has 0 spiro atoms. The topological polar surface area (TPSA) is 57.2 Å². The van der Waals surface area contributed by atoms with Gasteiger partial charge in [0.05, 0.1) is 0 Å².